The van der Waals surface area contributed by atoms with Crippen LogP contribution in [-0.2, 0) is 4.74 Å². The zero-order valence-electron chi connectivity index (χ0n) is 9.00. The average Bonchev–Trinajstić information content (AvgIpc) is 2.81. The van der Waals surface area contributed by atoms with Crippen LogP contribution in [0.4, 0.5) is 0 Å². The third-order valence-corrected chi connectivity index (χ3v) is 2.94. The fraction of sp³-hybridized carbons (Fsp3) is 0.333. The van der Waals surface area contributed by atoms with Gasteiger partial charge < -0.3 is 4.74 Å². The minimum atomic E-state index is -0.454. The number of aromatic nitrogens is 1. The first kappa shape index (κ1) is 11.1. The lowest BCUT2D eigenvalue weighted by molar-refractivity contribution is 0.0600. The summed E-state index contributed by atoms with van der Waals surface area (Å²) >= 11 is 6.01. The highest BCUT2D eigenvalue weighted by Crippen LogP contribution is 2.28. The molecule has 0 unspecified atom stereocenters. The zero-order valence-corrected chi connectivity index (χ0v) is 9.75. The minimum absolute atomic E-state index is 0.312. The summed E-state index contributed by atoms with van der Waals surface area (Å²) in [7, 11) is 1.33. The monoisotopic (exact) mass is 237 g/mol. The van der Waals surface area contributed by atoms with Crippen molar-refractivity contribution in [3.05, 3.63) is 34.6 Å². The molecule has 84 valence electrons. The van der Waals surface area contributed by atoms with Crippen LogP contribution in [-0.4, -0.2) is 18.1 Å². The Labute approximate surface area is 99.1 Å². The van der Waals surface area contributed by atoms with Crippen molar-refractivity contribution in [2.24, 2.45) is 0 Å². The van der Waals surface area contributed by atoms with Gasteiger partial charge in [-0.2, -0.15) is 0 Å². The van der Waals surface area contributed by atoms with E-state index in [0.29, 0.717) is 10.6 Å². The summed E-state index contributed by atoms with van der Waals surface area (Å²) in [5.41, 5.74) is 2.37. The molecule has 0 bridgehead atoms. The molecule has 1 aromatic heterocycles. The largest absolute Gasteiger partial charge is 0.465 e. The number of rotatable bonds is 2. The summed E-state index contributed by atoms with van der Waals surface area (Å²) < 4.78 is 4.60. The first-order chi connectivity index (χ1) is 7.72. The van der Waals surface area contributed by atoms with Crippen LogP contribution < -0.4 is 0 Å². The number of hydrogen-bond donors (Lipinski definition) is 0. The Hall–Kier alpha value is -1.35. The number of carbonyl (C=O) groups is 1. The SMILES string of the molecule is COC(=O)c1cnc(C2=CCCC2)cc1Cl. The maximum absolute atomic E-state index is 11.3. The molecule has 2 rings (SSSR count). The van der Waals surface area contributed by atoms with Crippen molar-refractivity contribution in [2.75, 3.05) is 7.11 Å². The Morgan fingerprint density at radius 2 is 2.38 bits per heavy atom. The van der Waals surface area contributed by atoms with E-state index in [-0.39, 0.29) is 0 Å². The van der Waals surface area contributed by atoms with Crippen molar-refractivity contribution < 1.29 is 9.53 Å². The van der Waals surface area contributed by atoms with E-state index in [1.165, 1.54) is 18.9 Å². The molecule has 3 nitrogen and oxygen atoms in total. The molecule has 16 heavy (non-hydrogen) atoms. The topological polar surface area (TPSA) is 39.2 Å². The van der Waals surface area contributed by atoms with Crippen molar-refractivity contribution in [3.8, 4) is 0 Å². The average molecular weight is 238 g/mol. The molecule has 1 aliphatic carbocycles. The lowest BCUT2D eigenvalue weighted by atomic mass is 10.1. The van der Waals surface area contributed by atoms with Crippen LogP contribution >= 0.6 is 11.6 Å². The van der Waals surface area contributed by atoms with Crippen molar-refractivity contribution in [1.29, 1.82) is 0 Å². The van der Waals surface area contributed by atoms with E-state index in [4.69, 9.17) is 11.6 Å². The van der Waals surface area contributed by atoms with E-state index in [0.717, 1.165) is 25.0 Å². The molecular weight excluding hydrogens is 226 g/mol. The van der Waals surface area contributed by atoms with Gasteiger partial charge in [-0.15, -0.1) is 0 Å². The zero-order chi connectivity index (χ0) is 11.5. The molecule has 1 aromatic rings. The summed E-state index contributed by atoms with van der Waals surface area (Å²) in [4.78, 5) is 15.5. The highest BCUT2D eigenvalue weighted by molar-refractivity contribution is 6.33. The van der Waals surface area contributed by atoms with E-state index < -0.39 is 5.97 Å². The molecule has 0 saturated carbocycles. The molecule has 0 aliphatic heterocycles. The number of ether oxygens (including phenoxy) is 1. The predicted molar refractivity (Wildman–Crippen MR) is 62.4 cm³/mol. The van der Waals surface area contributed by atoms with E-state index in [2.05, 4.69) is 15.8 Å². The van der Waals surface area contributed by atoms with E-state index >= 15 is 0 Å². The number of pyridine rings is 1. The Bertz CT molecular complexity index is 454. The molecule has 4 heteroatoms. The van der Waals surface area contributed by atoms with Crippen LogP contribution in [0.1, 0.15) is 35.3 Å². The second-order valence-electron chi connectivity index (χ2n) is 3.66. The molecule has 0 fully saturated rings. The molecule has 0 atom stereocenters. The summed E-state index contributed by atoms with van der Waals surface area (Å²) in [5, 5.41) is 0.393. The lowest BCUT2D eigenvalue weighted by Crippen LogP contribution is -2.03. The van der Waals surface area contributed by atoms with Crippen molar-refractivity contribution in [1.82, 2.24) is 4.98 Å². The van der Waals surface area contributed by atoms with Gasteiger partial charge in [-0.1, -0.05) is 17.7 Å². The molecule has 0 radical (unpaired) electrons. The molecule has 1 aliphatic rings. The molecule has 1 heterocycles. The highest BCUT2D eigenvalue weighted by atomic mass is 35.5. The van der Waals surface area contributed by atoms with Gasteiger partial charge in [0.1, 0.15) is 0 Å². The van der Waals surface area contributed by atoms with Crippen LogP contribution in [0.15, 0.2) is 18.3 Å². The van der Waals surface area contributed by atoms with Crippen molar-refractivity contribution >= 4 is 23.1 Å². The normalized spacial score (nSPS) is 14.8. The maximum atomic E-state index is 11.3. The number of allylic oxidation sites excluding steroid dienone is 2. The molecular formula is C12H12ClNO2. The second kappa shape index (κ2) is 4.66. The van der Waals surface area contributed by atoms with Gasteiger partial charge in [-0.25, -0.2) is 4.79 Å². The van der Waals surface area contributed by atoms with Gasteiger partial charge in [-0.05, 0) is 30.9 Å². The van der Waals surface area contributed by atoms with Crippen molar-refractivity contribution in [2.45, 2.75) is 19.3 Å². The number of esters is 1. The predicted octanol–water partition coefficient (Wildman–Crippen LogP) is 3.09. The fourth-order valence-electron chi connectivity index (χ4n) is 1.77. The van der Waals surface area contributed by atoms with Crippen molar-refractivity contribution in [3.63, 3.8) is 0 Å². The molecule has 0 amide bonds. The third kappa shape index (κ3) is 2.09. The molecule has 0 saturated heterocycles. The van der Waals surface area contributed by atoms with Gasteiger partial charge in [0.25, 0.3) is 0 Å². The Balaban J connectivity index is 2.32. The Kier molecular flexibility index (Phi) is 3.25. The van der Waals surface area contributed by atoms with Crippen LogP contribution in [0.3, 0.4) is 0 Å². The third-order valence-electron chi connectivity index (χ3n) is 2.63. The van der Waals surface area contributed by atoms with E-state index in [9.17, 15) is 4.79 Å². The standard InChI is InChI=1S/C12H12ClNO2/c1-16-12(15)9-7-14-11(6-10(9)13)8-4-2-3-5-8/h4,6-7H,2-3,5H2,1H3. The number of hydrogen-bond acceptors (Lipinski definition) is 3. The van der Waals surface area contributed by atoms with Gasteiger partial charge in [-0.3, -0.25) is 4.98 Å². The Morgan fingerprint density at radius 1 is 1.56 bits per heavy atom. The molecule has 0 N–H and O–H groups in total. The second-order valence-corrected chi connectivity index (χ2v) is 4.07. The summed E-state index contributed by atoms with van der Waals surface area (Å²) in [5.74, 6) is -0.454. The Morgan fingerprint density at radius 3 is 2.94 bits per heavy atom. The summed E-state index contributed by atoms with van der Waals surface area (Å²) in [6.45, 7) is 0. The number of halogens is 1. The quantitative estimate of drug-likeness (QED) is 0.742. The van der Waals surface area contributed by atoms with Crippen LogP contribution in [0.2, 0.25) is 5.02 Å². The molecule has 0 spiro atoms. The van der Waals surface area contributed by atoms with Gasteiger partial charge in [0.05, 0.1) is 23.4 Å². The first-order valence-corrected chi connectivity index (χ1v) is 5.53. The van der Waals surface area contributed by atoms with Crippen LogP contribution in [0.5, 0.6) is 0 Å². The lowest BCUT2D eigenvalue weighted by Gasteiger charge is -2.05. The van der Waals surface area contributed by atoms with Gasteiger partial charge in [0.2, 0.25) is 0 Å². The number of methoxy groups -OCH3 is 1. The number of carbonyl (C=O) groups excluding carboxylic acids is 1. The van der Waals surface area contributed by atoms with Gasteiger partial charge in [0.15, 0.2) is 0 Å². The van der Waals surface area contributed by atoms with E-state index in [1.54, 1.807) is 6.07 Å². The fourth-order valence-corrected chi connectivity index (χ4v) is 2.00. The highest BCUT2D eigenvalue weighted by Gasteiger charge is 2.14. The first-order valence-electron chi connectivity index (χ1n) is 5.15. The van der Waals surface area contributed by atoms with Gasteiger partial charge >= 0.3 is 5.97 Å². The van der Waals surface area contributed by atoms with Gasteiger partial charge in [0, 0.05) is 6.20 Å². The smallest absolute Gasteiger partial charge is 0.340 e. The minimum Gasteiger partial charge on any atom is -0.465 e. The van der Waals surface area contributed by atoms with Crippen LogP contribution in [0, 0.1) is 0 Å². The van der Waals surface area contributed by atoms with Crippen LogP contribution in [0.25, 0.3) is 5.57 Å². The number of nitrogens with zero attached hydrogens (tertiary/aromatic N) is 1. The molecule has 0 aromatic carbocycles. The summed E-state index contributed by atoms with van der Waals surface area (Å²) in [6, 6.07) is 1.73. The summed E-state index contributed by atoms with van der Waals surface area (Å²) in [6.07, 6.45) is 6.92. The van der Waals surface area contributed by atoms with E-state index in [1.807, 2.05) is 0 Å². The maximum Gasteiger partial charge on any atom is 0.340 e.